The molecule has 0 aromatic heterocycles. The van der Waals surface area contributed by atoms with E-state index in [9.17, 15) is 9.59 Å². The Kier molecular flexibility index (Phi) is 6.56. The molecule has 1 saturated heterocycles. The number of nitrogens with one attached hydrogen (secondary N) is 2. The van der Waals surface area contributed by atoms with Gasteiger partial charge >= 0.3 is 0 Å². The molecule has 2 rings (SSSR count). The molecule has 6 heteroatoms. The zero-order valence-electron chi connectivity index (χ0n) is 15.6. The van der Waals surface area contributed by atoms with Gasteiger partial charge in [0.25, 0.3) is 5.91 Å². The molecule has 0 saturated carbocycles. The minimum absolute atomic E-state index is 0.0559. The summed E-state index contributed by atoms with van der Waals surface area (Å²) in [5, 5.41) is 6.20. The second-order valence-electron chi connectivity index (χ2n) is 6.84. The lowest BCUT2D eigenvalue weighted by atomic mass is 9.91. The van der Waals surface area contributed by atoms with E-state index < -0.39 is 5.60 Å². The molecule has 0 unspecified atom stereocenters. The van der Waals surface area contributed by atoms with Gasteiger partial charge in [0.1, 0.15) is 5.60 Å². The summed E-state index contributed by atoms with van der Waals surface area (Å²) in [7, 11) is 1.59. The minimum atomic E-state index is -0.757. The van der Waals surface area contributed by atoms with Crippen molar-refractivity contribution in [3.8, 4) is 0 Å². The highest BCUT2D eigenvalue weighted by Crippen LogP contribution is 2.24. The first-order chi connectivity index (χ1) is 11.9. The molecule has 0 radical (unpaired) electrons. The van der Waals surface area contributed by atoms with Gasteiger partial charge in [-0.05, 0) is 57.5 Å². The number of carbonyl (C=O) groups is 2. The summed E-state index contributed by atoms with van der Waals surface area (Å²) in [5.74, 6) is -0.0443. The van der Waals surface area contributed by atoms with Crippen LogP contribution in [0.5, 0.6) is 0 Å². The maximum Gasteiger partial charge on any atom is 0.256 e. The average molecular weight is 347 g/mol. The number of hydrogen-bond donors (Lipinski definition) is 2. The molecule has 1 aromatic carbocycles. The molecule has 2 N–H and O–H groups in total. The number of carbonyl (C=O) groups excluding carboxylic acids is 2. The van der Waals surface area contributed by atoms with Gasteiger partial charge in [-0.3, -0.25) is 9.59 Å². The molecule has 0 atom stereocenters. The first kappa shape index (κ1) is 19.4. The van der Waals surface area contributed by atoms with Crippen LogP contribution in [0.1, 0.15) is 39.2 Å². The fourth-order valence-electron chi connectivity index (χ4n) is 3.15. The van der Waals surface area contributed by atoms with Crippen LogP contribution in [0.2, 0.25) is 0 Å². The molecule has 1 aliphatic heterocycles. The van der Waals surface area contributed by atoms with Gasteiger partial charge in [-0.25, -0.2) is 0 Å². The van der Waals surface area contributed by atoms with Crippen molar-refractivity contribution in [2.75, 3.05) is 25.5 Å². The zero-order valence-corrected chi connectivity index (χ0v) is 15.6. The Hall–Kier alpha value is -1.92. The summed E-state index contributed by atoms with van der Waals surface area (Å²) in [6.45, 7) is 7.69. The highest BCUT2D eigenvalue weighted by atomic mass is 16.5. The normalized spacial score (nSPS) is 16.5. The van der Waals surface area contributed by atoms with Gasteiger partial charge in [-0.15, -0.1) is 0 Å². The number of nitrogens with zero attached hydrogens (tertiary/aromatic N) is 1. The number of anilines is 1. The van der Waals surface area contributed by atoms with Crippen molar-refractivity contribution in [3.63, 3.8) is 0 Å². The summed E-state index contributed by atoms with van der Waals surface area (Å²) in [4.78, 5) is 26.1. The summed E-state index contributed by atoms with van der Waals surface area (Å²) in [5.41, 5.74) is 1.01. The highest BCUT2D eigenvalue weighted by molar-refractivity contribution is 5.97. The van der Waals surface area contributed by atoms with Crippen molar-refractivity contribution in [2.45, 2.75) is 51.8 Å². The van der Waals surface area contributed by atoms with Gasteiger partial charge in [-0.1, -0.05) is 12.1 Å². The Morgan fingerprint density at radius 3 is 2.32 bits per heavy atom. The molecule has 2 amide bonds. The third-order valence-electron chi connectivity index (χ3n) is 4.81. The van der Waals surface area contributed by atoms with Gasteiger partial charge in [0.05, 0.1) is 0 Å². The predicted octanol–water partition coefficient (Wildman–Crippen LogP) is 2.15. The molecular weight excluding hydrogens is 318 g/mol. The van der Waals surface area contributed by atoms with Gasteiger partial charge in [0, 0.05) is 32.3 Å². The predicted molar refractivity (Wildman–Crippen MR) is 98.3 cm³/mol. The van der Waals surface area contributed by atoms with Crippen LogP contribution in [0.4, 0.5) is 5.69 Å². The van der Waals surface area contributed by atoms with Crippen molar-refractivity contribution in [1.29, 1.82) is 0 Å². The van der Waals surface area contributed by atoms with Gasteiger partial charge in [-0.2, -0.15) is 0 Å². The number of piperidine rings is 1. The number of benzene rings is 1. The Labute approximate surface area is 149 Å². The van der Waals surface area contributed by atoms with E-state index in [2.05, 4.69) is 10.6 Å². The lowest BCUT2D eigenvalue weighted by Gasteiger charge is -2.34. The number of hydrogen-bond acceptors (Lipinski definition) is 4. The Morgan fingerprint density at radius 1 is 1.24 bits per heavy atom. The van der Waals surface area contributed by atoms with E-state index in [-0.39, 0.29) is 17.9 Å². The van der Waals surface area contributed by atoms with Crippen LogP contribution in [0.25, 0.3) is 0 Å². The molecule has 1 aromatic rings. The Morgan fingerprint density at radius 2 is 1.84 bits per heavy atom. The van der Waals surface area contributed by atoms with Crippen LogP contribution in [0.15, 0.2) is 24.3 Å². The lowest BCUT2D eigenvalue weighted by Crippen LogP contribution is -2.51. The molecule has 0 spiro atoms. The van der Waals surface area contributed by atoms with Gasteiger partial charge in [0.2, 0.25) is 5.91 Å². The number of rotatable bonds is 6. The summed E-state index contributed by atoms with van der Waals surface area (Å²) in [6, 6.07) is 7.77. The molecule has 1 aliphatic rings. The molecule has 1 heterocycles. The molecule has 138 valence electrons. The van der Waals surface area contributed by atoms with Crippen molar-refractivity contribution in [1.82, 2.24) is 10.2 Å². The second-order valence-corrected chi connectivity index (χ2v) is 6.84. The van der Waals surface area contributed by atoms with E-state index in [1.165, 1.54) is 0 Å². The standard InChI is InChI=1S/C19H29N3O3/c1-14(2)22(15(3)23)13-16-5-7-17(8-6-16)21-18(24)19(25-4)9-11-20-12-10-19/h5-8,14,20H,9-13H2,1-4H3,(H,21,24). The van der Waals surface area contributed by atoms with Gasteiger partial charge < -0.3 is 20.3 Å². The highest BCUT2D eigenvalue weighted by Gasteiger charge is 2.39. The third kappa shape index (κ3) is 4.80. The first-order valence-corrected chi connectivity index (χ1v) is 8.81. The second kappa shape index (κ2) is 8.45. The van der Waals surface area contributed by atoms with Crippen molar-refractivity contribution < 1.29 is 14.3 Å². The van der Waals surface area contributed by atoms with Crippen molar-refractivity contribution in [2.24, 2.45) is 0 Å². The average Bonchev–Trinajstić information content (AvgIpc) is 2.61. The quantitative estimate of drug-likeness (QED) is 0.827. The van der Waals surface area contributed by atoms with Gasteiger partial charge in [0.15, 0.2) is 0 Å². The van der Waals surface area contributed by atoms with Crippen molar-refractivity contribution in [3.05, 3.63) is 29.8 Å². The third-order valence-corrected chi connectivity index (χ3v) is 4.81. The first-order valence-electron chi connectivity index (χ1n) is 8.81. The maximum absolute atomic E-state index is 12.6. The summed E-state index contributed by atoms with van der Waals surface area (Å²) >= 11 is 0. The number of methoxy groups -OCH3 is 1. The van der Waals surface area contributed by atoms with Crippen LogP contribution < -0.4 is 10.6 Å². The zero-order chi connectivity index (χ0) is 18.4. The molecule has 1 fully saturated rings. The molecule has 25 heavy (non-hydrogen) atoms. The van der Waals surface area contributed by atoms with E-state index in [4.69, 9.17) is 4.74 Å². The SMILES string of the molecule is COC1(C(=O)Nc2ccc(CN(C(C)=O)C(C)C)cc2)CCNCC1. The summed E-state index contributed by atoms with van der Waals surface area (Å²) in [6.07, 6.45) is 1.32. The topological polar surface area (TPSA) is 70.7 Å². The van der Waals surface area contributed by atoms with Crippen LogP contribution in [0.3, 0.4) is 0 Å². The minimum Gasteiger partial charge on any atom is -0.368 e. The van der Waals surface area contributed by atoms with Crippen LogP contribution in [-0.2, 0) is 20.9 Å². The van der Waals surface area contributed by atoms with Crippen LogP contribution >= 0.6 is 0 Å². The smallest absolute Gasteiger partial charge is 0.256 e. The van der Waals surface area contributed by atoms with E-state index in [1.54, 1.807) is 14.0 Å². The number of ether oxygens (including phenoxy) is 1. The summed E-state index contributed by atoms with van der Waals surface area (Å²) < 4.78 is 5.55. The molecule has 0 bridgehead atoms. The lowest BCUT2D eigenvalue weighted by molar-refractivity contribution is -0.140. The van der Waals surface area contributed by atoms with Crippen LogP contribution in [0, 0.1) is 0 Å². The monoisotopic (exact) mass is 347 g/mol. The Bertz CT molecular complexity index is 592. The Balaban J connectivity index is 2.02. The molecule has 0 aliphatic carbocycles. The van der Waals surface area contributed by atoms with E-state index in [1.807, 2.05) is 43.0 Å². The molecule has 6 nitrogen and oxygen atoms in total. The van der Waals surface area contributed by atoms with E-state index in [0.717, 1.165) is 24.3 Å². The number of amides is 2. The molecular formula is C19H29N3O3. The largest absolute Gasteiger partial charge is 0.368 e. The maximum atomic E-state index is 12.6. The van der Waals surface area contributed by atoms with E-state index in [0.29, 0.717) is 19.4 Å². The van der Waals surface area contributed by atoms with Crippen molar-refractivity contribution >= 4 is 17.5 Å². The van der Waals surface area contributed by atoms with E-state index >= 15 is 0 Å². The fraction of sp³-hybridized carbons (Fsp3) is 0.579. The van der Waals surface area contributed by atoms with Crippen LogP contribution in [-0.4, -0.2) is 48.6 Å². The fourth-order valence-corrected chi connectivity index (χ4v) is 3.15.